The highest BCUT2D eigenvalue weighted by molar-refractivity contribution is 5.90. The molecule has 2 heterocycles. The van der Waals surface area contributed by atoms with Crippen LogP contribution in [0.3, 0.4) is 0 Å². The summed E-state index contributed by atoms with van der Waals surface area (Å²) in [6.07, 6.45) is 0. The lowest BCUT2D eigenvalue weighted by atomic mass is 10.2. The molecule has 0 aliphatic rings. The molecule has 4 rings (SSSR count). The lowest BCUT2D eigenvalue weighted by molar-refractivity contribution is -0.116. The van der Waals surface area contributed by atoms with Gasteiger partial charge in [-0.25, -0.2) is 8.78 Å². The van der Waals surface area contributed by atoms with Gasteiger partial charge in [-0.15, -0.1) is 0 Å². The minimum absolute atomic E-state index is 0.0487. The second kappa shape index (κ2) is 7.90. The third kappa shape index (κ3) is 3.98. The molecule has 0 aliphatic carbocycles. The van der Waals surface area contributed by atoms with E-state index in [0.29, 0.717) is 28.5 Å². The Kier molecular flexibility index (Phi) is 5.14. The molecule has 0 spiro atoms. The number of hydrogen-bond acceptors (Lipinski definition) is 4. The maximum Gasteiger partial charge on any atom is 0.260 e. The summed E-state index contributed by atoms with van der Waals surface area (Å²) in [5, 5.41) is 6.65. The van der Waals surface area contributed by atoms with Gasteiger partial charge in [0.05, 0.1) is 5.56 Å². The normalized spacial score (nSPS) is 10.9. The Morgan fingerprint density at radius 2 is 1.83 bits per heavy atom. The number of benzene rings is 2. The first-order valence-electron chi connectivity index (χ1n) is 9.23. The van der Waals surface area contributed by atoms with Crippen molar-refractivity contribution in [2.75, 3.05) is 5.32 Å². The number of nitrogens with zero attached hydrogens (tertiary/aromatic N) is 3. The van der Waals surface area contributed by atoms with Crippen molar-refractivity contribution in [3.05, 3.63) is 77.6 Å². The smallest absolute Gasteiger partial charge is 0.260 e. The Bertz CT molecular complexity index is 1210. The summed E-state index contributed by atoms with van der Waals surface area (Å²) in [7, 11) is 0. The van der Waals surface area contributed by atoms with E-state index in [-0.39, 0.29) is 18.3 Å². The predicted octanol–water partition coefficient (Wildman–Crippen LogP) is 4.74. The number of rotatable bonds is 5. The van der Waals surface area contributed by atoms with Crippen molar-refractivity contribution in [1.82, 2.24) is 14.7 Å². The van der Waals surface area contributed by atoms with E-state index >= 15 is 0 Å². The Labute approximate surface area is 171 Å². The van der Waals surface area contributed by atoms with E-state index < -0.39 is 5.82 Å². The Hall–Kier alpha value is -3.81. The summed E-state index contributed by atoms with van der Waals surface area (Å²) in [5.74, 6) is -0.399. The largest absolute Gasteiger partial charge is 0.339 e. The summed E-state index contributed by atoms with van der Waals surface area (Å²) < 4.78 is 33.6. The SMILES string of the molecule is Cc1cc(-c2nc(-c3ccc(F)cc3)no2)c(C)n1CC(=O)Nc1cccc(F)c1. The van der Waals surface area contributed by atoms with Gasteiger partial charge in [0, 0.05) is 22.6 Å². The fourth-order valence-electron chi connectivity index (χ4n) is 3.22. The van der Waals surface area contributed by atoms with Gasteiger partial charge >= 0.3 is 0 Å². The first-order valence-corrected chi connectivity index (χ1v) is 9.23. The molecule has 30 heavy (non-hydrogen) atoms. The highest BCUT2D eigenvalue weighted by atomic mass is 19.1. The van der Waals surface area contributed by atoms with Gasteiger partial charge in [0.15, 0.2) is 0 Å². The number of amides is 1. The summed E-state index contributed by atoms with van der Waals surface area (Å²) in [5.41, 5.74) is 3.33. The zero-order valence-electron chi connectivity index (χ0n) is 16.3. The van der Waals surface area contributed by atoms with Crippen molar-refractivity contribution >= 4 is 11.6 Å². The van der Waals surface area contributed by atoms with Crippen LogP contribution >= 0.6 is 0 Å². The third-order valence-electron chi connectivity index (χ3n) is 4.74. The topological polar surface area (TPSA) is 73.0 Å². The molecule has 1 amide bonds. The van der Waals surface area contributed by atoms with Gasteiger partial charge in [0.2, 0.25) is 11.7 Å². The first kappa shape index (κ1) is 19.5. The molecule has 0 bridgehead atoms. The number of aromatic nitrogens is 3. The number of halogens is 2. The molecule has 8 heteroatoms. The number of carbonyl (C=O) groups excluding carboxylic acids is 1. The van der Waals surface area contributed by atoms with Crippen molar-refractivity contribution in [2.24, 2.45) is 0 Å². The van der Waals surface area contributed by atoms with E-state index in [1.54, 1.807) is 18.2 Å². The van der Waals surface area contributed by atoms with Crippen LogP contribution in [0.4, 0.5) is 14.5 Å². The monoisotopic (exact) mass is 408 g/mol. The van der Waals surface area contributed by atoms with Crippen molar-refractivity contribution in [3.8, 4) is 22.8 Å². The summed E-state index contributed by atoms with van der Waals surface area (Å²) >= 11 is 0. The van der Waals surface area contributed by atoms with Gasteiger partial charge in [-0.1, -0.05) is 11.2 Å². The number of nitrogens with one attached hydrogen (secondary N) is 1. The Morgan fingerprint density at radius 1 is 1.07 bits per heavy atom. The van der Waals surface area contributed by atoms with Crippen LogP contribution in [0, 0.1) is 25.5 Å². The van der Waals surface area contributed by atoms with E-state index in [2.05, 4.69) is 15.5 Å². The van der Waals surface area contributed by atoms with Crippen LogP contribution in [-0.2, 0) is 11.3 Å². The van der Waals surface area contributed by atoms with E-state index in [1.165, 1.54) is 30.3 Å². The van der Waals surface area contributed by atoms with E-state index in [0.717, 1.165) is 11.4 Å². The molecule has 0 aliphatic heterocycles. The van der Waals surface area contributed by atoms with Gasteiger partial charge < -0.3 is 14.4 Å². The fraction of sp³-hybridized carbons (Fsp3) is 0.136. The van der Waals surface area contributed by atoms with E-state index in [9.17, 15) is 13.6 Å². The maximum atomic E-state index is 13.3. The second-order valence-corrected chi connectivity index (χ2v) is 6.86. The molecule has 6 nitrogen and oxygen atoms in total. The zero-order chi connectivity index (χ0) is 21.3. The number of anilines is 1. The molecule has 0 unspecified atom stereocenters. The van der Waals surface area contributed by atoms with E-state index in [4.69, 9.17) is 4.52 Å². The molecule has 2 aromatic heterocycles. The number of hydrogen-bond donors (Lipinski definition) is 1. The highest BCUT2D eigenvalue weighted by Gasteiger charge is 2.19. The van der Waals surface area contributed by atoms with Crippen molar-refractivity contribution in [1.29, 1.82) is 0 Å². The second-order valence-electron chi connectivity index (χ2n) is 6.86. The molecule has 0 saturated heterocycles. The lowest BCUT2D eigenvalue weighted by Gasteiger charge is -2.10. The van der Waals surface area contributed by atoms with Crippen LogP contribution in [0.25, 0.3) is 22.8 Å². The molecular weight excluding hydrogens is 390 g/mol. The van der Waals surface area contributed by atoms with Crippen LogP contribution in [0.5, 0.6) is 0 Å². The van der Waals surface area contributed by atoms with Gasteiger partial charge in [-0.2, -0.15) is 4.98 Å². The molecule has 0 atom stereocenters. The molecule has 2 aromatic carbocycles. The fourth-order valence-corrected chi connectivity index (χ4v) is 3.22. The number of carbonyl (C=O) groups is 1. The van der Waals surface area contributed by atoms with Crippen LogP contribution < -0.4 is 5.32 Å². The van der Waals surface area contributed by atoms with Crippen LogP contribution in [0.2, 0.25) is 0 Å². The molecule has 0 radical (unpaired) electrons. The minimum Gasteiger partial charge on any atom is -0.339 e. The standard InChI is InChI=1S/C22H18F2N4O2/c1-13-10-19(22-26-21(27-30-22)15-6-8-16(23)9-7-15)14(2)28(13)12-20(29)25-18-5-3-4-17(24)11-18/h3-11H,12H2,1-2H3,(H,25,29). The summed E-state index contributed by atoms with van der Waals surface area (Å²) in [6, 6.07) is 13.4. The molecule has 1 N–H and O–H groups in total. The van der Waals surface area contributed by atoms with Crippen LogP contribution in [-0.4, -0.2) is 20.6 Å². The molecule has 4 aromatic rings. The van der Waals surface area contributed by atoms with Gasteiger partial charge in [-0.05, 0) is 62.4 Å². The number of aryl methyl sites for hydroxylation is 1. The minimum atomic E-state index is -0.420. The summed E-state index contributed by atoms with van der Waals surface area (Å²) in [4.78, 5) is 16.8. The zero-order valence-corrected chi connectivity index (χ0v) is 16.3. The molecule has 0 saturated carbocycles. The van der Waals surface area contributed by atoms with Crippen molar-refractivity contribution in [2.45, 2.75) is 20.4 Å². The predicted molar refractivity (Wildman–Crippen MR) is 108 cm³/mol. The van der Waals surface area contributed by atoms with Crippen LogP contribution in [0.15, 0.2) is 59.1 Å². The van der Waals surface area contributed by atoms with Gasteiger partial charge in [-0.3, -0.25) is 4.79 Å². The Morgan fingerprint density at radius 3 is 2.57 bits per heavy atom. The third-order valence-corrected chi connectivity index (χ3v) is 4.74. The highest BCUT2D eigenvalue weighted by Crippen LogP contribution is 2.28. The molecular formula is C22H18F2N4O2. The van der Waals surface area contributed by atoms with Gasteiger partial charge in [0.25, 0.3) is 5.89 Å². The average Bonchev–Trinajstić information content (AvgIpc) is 3.29. The van der Waals surface area contributed by atoms with Crippen LogP contribution in [0.1, 0.15) is 11.4 Å². The van der Waals surface area contributed by atoms with E-state index in [1.807, 2.05) is 24.5 Å². The quantitative estimate of drug-likeness (QED) is 0.518. The maximum absolute atomic E-state index is 13.3. The van der Waals surface area contributed by atoms with Crippen molar-refractivity contribution in [3.63, 3.8) is 0 Å². The Balaban J connectivity index is 1.55. The summed E-state index contributed by atoms with van der Waals surface area (Å²) in [6.45, 7) is 3.76. The van der Waals surface area contributed by atoms with Gasteiger partial charge in [0.1, 0.15) is 18.2 Å². The first-order chi connectivity index (χ1) is 14.4. The molecule has 0 fully saturated rings. The molecule has 152 valence electrons. The average molecular weight is 408 g/mol. The van der Waals surface area contributed by atoms with Crippen molar-refractivity contribution < 1.29 is 18.1 Å². The lowest BCUT2D eigenvalue weighted by Crippen LogP contribution is -2.20.